The molecule has 9 nitrogen and oxygen atoms in total. The molecular weight excluding hydrogens is 422 g/mol. The van der Waals surface area contributed by atoms with E-state index in [0.29, 0.717) is 17.8 Å². The first-order valence-corrected chi connectivity index (χ1v) is 10.7. The Kier molecular flexibility index (Phi) is 8.81. The highest BCUT2D eigenvalue weighted by molar-refractivity contribution is 5.98. The lowest BCUT2D eigenvalue weighted by molar-refractivity contribution is 0.0940. The van der Waals surface area contributed by atoms with Crippen molar-refractivity contribution in [2.24, 2.45) is 0 Å². The molecule has 33 heavy (non-hydrogen) atoms. The topological polar surface area (TPSA) is 123 Å². The Morgan fingerprint density at radius 1 is 0.939 bits per heavy atom. The Balaban J connectivity index is 1.90. The lowest BCUT2D eigenvalue weighted by atomic mass is 10.1. The van der Waals surface area contributed by atoms with E-state index in [0.717, 1.165) is 12.1 Å². The van der Waals surface area contributed by atoms with Crippen LogP contribution in [0.15, 0.2) is 42.5 Å². The number of likely N-dealkylation sites (N-methyl/N-ethyl adjacent to an activating group) is 1. The van der Waals surface area contributed by atoms with Crippen molar-refractivity contribution in [1.82, 2.24) is 20.9 Å². The predicted molar refractivity (Wildman–Crippen MR) is 129 cm³/mol. The van der Waals surface area contributed by atoms with E-state index in [-0.39, 0.29) is 23.8 Å². The van der Waals surface area contributed by atoms with Gasteiger partial charge in [-0.2, -0.15) is 0 Å². The minimum atomic E-state index is -0.455. The summed E-state index contributed by atoms with van der Waals surface area (Å²) in [5, 5.41) is 21.2. The van der Waals surface area contributed by atoms with Gasteiger partial charge in [-0.1, -0.05) is 12.1 Å². The molecule has 0 radical (unpaired) electrons. The number of hydrogen-bond donors (Lipinski definition) is 5. The van der Waals surface area contributed by atoms with Gasteiger partial charge >= 0.3 is 6.03 Å². The highest BCUT2D eigenvalue weighted by atomic mass is 16.3. The smallest absolute Gasteiger partial charge is 0.319 e. The maximum absolute atomic E-state index is 12.5. The lowest BCUT2D eigenvalue weighted by Gasteiger charge is -2.20. The van der Waals surface area contributed by atoms with E-state index < -0.39 is 17.5 Å². The van der Waals surface area contributed by atoms with E-state index in [1.807, 2.05) is 39.8 Å². The van der Waals surface area contributed by atoms with Crippen molar-refractivity contribution in [2.45, 2.75) is 32.9 Å². The number of nitrogens with zero attached hydrogens (tertiary/aromatic N) is 1. The van der Waals surface area contributed by atoms with Gasteiger partial charge in [0, 0.05) is 42.5 Å². The quantitative estimate of drug-likeness (QED) is 0.419. The number of urea groups is 1. The van der Waals surface area contributed by atoms with E-state index in [1.54, 1.807) is 30.3 Å². The van der Waals surface area contributed by atoms with Crippen LogP contribution in [0.4, 0.5) is 10.5 Å². The molecule has 0 aliphatic carbocycles. The molecule has 0 fully saturated rings. The van der Waals surface area contributed by atoms with Crippen LogP contribution in [-0.4, -0.2) is 60.6 Å². The first-order chi connectivity index (χ1) is 15.4. The van der Waals surface area contributed by atoms with Crippen molar-refractivity contribution in [2.75, 3.05) is 32.5 Å². The van der Waals surface area contributed by atoms with Crippen LogP contribution in [0.3, 0.4) is 0 Å². The number of hydrogen-bond acceptors (Lipinski definition) is 5. The number of benzene rings is 2. The molecule has 0 unspecified atom stereocenters. The number of aromatic hydroxyl groups is 1. The highest BCUT2D eigenvalue weighted by Crippen LogP contribution is 2.22. The van der Waals surface area contributed by atoms with Gasteiger partial charge in [-0.25, -0.2) is 4.79 Å². The van der Waals surface area contributed by atoms with Gasteiger partial charge in [0.05, 0.1) is 5.56 Å². The summed E-state index contributed by atoms with van der Waals surface area (Å²) in [6.45, 7) is 7.10. The molecule has 2 aromatic carbocycles. The molecular formula is C24H33N5O4. The zero-order chi connectivity index (χ0) is 24.6. The zero-order valence-electron chi connectivity index (χ0n) is 19.8. The number of rotatable bonds is 8. The molecule has 0 saturated heterocycles. The van der Waals surface area contributed by atoms with Gasteiger partial charge in [0.2, 0.25) is 0 Å². The molecule has 0 atom stereocenters. The third-order valence-electron chi connectivity index (χ3n) is 4.50. The molecule has 0 heterocycles. The molecule has 4 amide bonds. The van der Waals surface area contributed by atoms with Gasteiger partial charge in [0.1, 0.15) is 5.75 Å². The minimum absolute atomic E-state index is 0.0914. The maximum Gasteiger partial charge on any atom is 0.319 e. The Hall–Kier alpha value is -3.59. The first-order valence-electron chi connectivity index (χ1n) is 10.7. The van der Waals surface area contributed by atoms with Crippen molar-refractivity contribution >= 4 is 23.5 Å². The van der Waals surface area contributed by atoms with Gasteiger partial charge in [-0.15, -0.1) is 0 Å². The van der Waals surface area contributed by atoms with Crippen molar-refractivity contribution in [3.05, 3.63) is 59.2 Å². The van der Waals surface area contributed by atoms with Crippen LogP contribution in [0, 0.1) is 0 Å². The molecule has 9 heteroatoms. The van der Waals surface area contributed by atoms with Crippen molar-refractivity contribution < 1.29 is 19.5 Å². The second kappa shape index (κ2) is 11.3. The average molecular weight is 456 g/mol. The largest absolute Gasteiger partial charge is 0.507 e. The van der Waals surface area contributed by atoms with Crippen LogP contribution in [0.1, 0.15) is 47.1 Å². The van der Waals surface area contributed by atoms with E-state index in [1.165, 1.54) is 12.1 Å². The number of carbonyl (C=O) groups is 3. The second-order valence-electron chi connectivity index (χ2n) is 9.00. The molecule has 0 saturated carbocycles. The summed E-state index contributed by atoms with van der Waals surface area (Å²) in [5.41, 5.74) is 1.41. The highest BCUT2D eigenvalue weighted by Gasteiger charge is 2.16. The van der Waals surface area contributed by atoms with Gasteiger partial charge in [0.25, 0.3) is 11.8 Å². The summed E-state index contributed by atoms with van der Waals surface area (Å²) in [7, 11) is 3.87. The van der Waals surface area contributed by atoms with Crippen molar-refractivity contribution in [3.63, 3.8) is 0 Å². The van der Waals surface area contributed by atoms with Gasteiger partial charge in [-0.3, -0.25) is 9.59 Å². The van der Waals surface area contributed by atoms with Crippen LogP contribution < -0.4 is 21.3 Å². The number of nitrogens with one attached hydrogen (secondary N) is 4. The summed E-state index contributed by atoms with van der Waals surface area (Å²) in [6, 6.07) is 10.8. The van der Waals surface area contributed by atoms with Crippen LogP contribution in [-0.2, 0) is 6.54 Å². The normalized spacial score (nSPS) is 11.1. The summed E-state index contributed by atoms with van der Waals surface area (Å²) < 4.78 is 0. The number of anilines is 1. The monoisotopic (exact) mass is 455 g/mol. The molecule has 178 valence electrons. The SMILES string of the molecule is CN(C)CCNC(=O)c1ccc(CNC(=O)c2ccc(NC(=O)NC(C)(C)C)cc2O)cc1. The zero-order valence-corrected chi connectivity index (χ0v) is 19.8. The standard InChI is InChI=1S/C24H33N5O4/c1-24(2,3)28-23(33)27-18-10-11-19(20(30)14-18)22(32)26-15-16-6-8-17(9-7-16)21(31)25-12-13-29(4)5/h6-11,14,30H,12-13,15H2,1-5H3,(H,25,31)(H,26,32)(H2,27,28,33). The number of phenolic OH excluding ortho intramolecular Hbond substituents is 1. The summed E-state index contributed by atoms with van der Waals surface area (Å²) in [5.74, 6) is -0.850. The van der Waals surface area contributed by atoms with Crippen LogP contribution in [0.2, 0.25) is 0 Å². The van der Waals surface area contributed by atoms with E-state index in [2.05, 4.69) is 21.3 Å². The second-order valence-corrected chi connectivity index (χ2v) is 9.00. The predicted octanol–water partition coefficient (Wildman–Crippen LogP) is 2.53. The molecule has 0 aromatic heterocycles. The van der Waals surface area contributed by atoms with Crippen molar-refractivity contribution in [1.29, 1.82) is 0 Å². The van der Waals surface area contributed by atoms with E-state index in [9.17, 15) is 19.5 Å². The van der Waals surface area contributed by atoms with Crippen molar-refractivity contribution in [3.8, 4) is 5.75 Å². The van der Waals surface area contributed by atoms with E-state index >= 15 is 0 Å². The fourth-order valence-corrected chi connectivity index (χ4v) is 2.85. The van der Waals surface area contributed by atoms with Crippen LogP contribution >= 0.6 is 0 Å². The first kappa shape index (κ1) is 25.7. The van der Waals surface area contributed by atoms with Gasteiger partial charge < -0.3 is 31.3 Å². The third kappa shape index (κ3) is 8.82. The fraction of sp³-hybridized carbons (Fsp3) is 0.375. The summed E-state index contributed by atoms with van der Waals surface area (Å²) in [4.78, 5) is 38.5. The Bertz CT molecular complexity index is 981. The molecule has 2 rings (SSSR count). The number of phenols is 1. The van der Waals surface area contributed by atoms with Gasteiger partial charge in [-0.05, 0) is 64.7 Å². The Morgan fingerprint density at radius 2 is 1.61 bits per heavy atom. The molecule has 0 bridgehead atoms. The minimum Gasteiger partial charge on any atom is -0.507 e. The Labute approximate surface area is 194 Å². The fourth-order valence-electron chi connectivity index (χ4n) is 2.85. The molecule has 0 aliphatic rings. The lowest BCUT2D eigenvalue weighted by Crippen LogP contribution is -2.43. The maximum atomic E-state index is 12.5. The summed E-state index contributed by atoms with van der Waals surface area (Å²) >= 11 is 0. The molecule has 0 spiro atoms. The van der Waals surface area contributed by atoms with Gasteiger partial charge in [0.15, 0.2) is 0 Å². The van der Waals surface area contributed by atoms with E-state index in [4.69, 9.17) is 0 Å². The third-order valence-corrected chi connectivity index (χ3v) is 4.50. The molecule has 0 aliphatic heterocycles. The van der Waals surface area contributed by atoms with Crippen LogP contribution in [0.5, 0.6) is 5.75 Å². The number of carbonyl (C=O) groups excluding carboxylic acids is 3. The van der Waals surface area contributed by atoms with Crippen LogP contribution in [0.25, 0.3) is 0 Å². The summed E-state index contributed by atoms with van der Waals surface area (Å²) in [6.07, 6.45) is 0. The molecule has 5 N–H and O–H groups in total. The number of amides is 4. The molecule has 2 aromatic rings. The average Bonchev–Trinajstić information content (AvgIpc) is 2.70. The Morgan fingerprint density at radius 3 is 2.18 bits per heavy atom.